The van der Waals surface area contributed by atoms with E-state index in [0.717, 1.165) is 34.4 Å². The largest absolute Gasteiger partial charge is 0.416 e. The van der Waals surface area contributed by atoms with Crippen LogP contribution in [-0.2, 0) is 33.3 Å². The fraction of sp³-hybridized carbons (Fsp3) is 0.500. The number of allylic oxidation sites excluding steroid dienone is 1. The second-order valence-corrected chi connectivity index (χ2v) is 11.5. The normalized spacial score (nSPS) is 13.0. The number of rotatable bonds is 9. The fourth-order valence-corrected chi connectivity index (χ4v) is 4.66. The number of nitrogens with two attached hydrogens (primary N) is 1. The minimum Gasteiger partial charge on any atom is -0.405 e. The summed E-state index contributed by atoms with van der Waals surface area (Å²) in [5.41, 5.74) is 3.97. The summed E-state index contributed by atoms with van der Waals surface area (Å²) in [6, 6.07) is 7.83. The average Bonchev–Trinajstić information content (AvgIpc) is 2.86. The third-order valence-corrected chi connectivity index (χ3v) is 7.27. The van der Waals surface area contributed by atoms with Crippen LogP contribution in [0.2, 0.25) is 0 Å². The first-order chi connectivity index (χ1) is 19.1. The van der Waals surface area contributed by atoms with E-state index < -0.39 is 44.5 Å². The van der Waals surface area contributed by atoms with Gasteiger partial charge in [0.25, 0.3) is 5.56 Å². The number of amides is 1. The molecule has 0 saturated heterocycles. The van der Waals surface area contributed by atoms with Crippen molar-refractivity contribution in [3.05, 3.63) is 75.3 Å². The molecule has 5 N–H and O–H groups in total. The Hall–Kier alpha value is -3.32. The van der Waals surface area contributed by atoms with Gasteiger partial charge in [-0.05, 0) is 77.0 Å². The number of alkyl halides is 3. The van der Waals surface area contributed by atoms with E-state index in [1.54, 1.807) is 13.1 Å². The van der Waals surface area contributed by atoms with E-state index in [1.807, 2.05) is 32.5 Å². The Labute approximate surface area is 240 Å². The Balaban J connectivity index is 0.000000636. The molecule has 13 heteroatoms. The van der Waals surface area contributed by atoms with Crippen LogP contribution < -0.4 is 26.6 Å². The van der Waals surface area contributed by atoms with Crippen molar-refractivity contribution in [1.29, 1.82) is 0 Å². The first-order valence-electron chi connectivity index (χ1n) is 13.3. The van der Waals surface area contributed by atoms with Crippen LogP contribution in [0, 0.1) is 6.92 Å². The summed E-state index contributed by atoms with van der Waals surface area (Å²) in [7, 11) is -2.30. The molecule has 0 spiro atoms. The van der Waals surface area contributed by atoms with Crippen molar-refractivity contribution in [2.24, 2.45) is 5.73 Å². The van der Waals surface area contributed by atoms with Crippen molar-refractivity contribution in [2.45, 2.75) is 77.9 Å². The third kappa shape index (κ3) is 12.8. The molecule has 1 heterocycles. The number of aryl methyl sites for hydroxylation is 1. The molecule has 3 rings (SSSR count). The van der Waals surface area contributed by atoms with Crippen LogP contribution in [0.25, 0.3) is 0 Å². The van der Waals surface area contributed by atoms with Crippen LogP contribution in [0.5, 0.6) is 0 Å². The molecule has 1 aliphatic rings. The zero-order chi connectivity index (χ0) is 31.2. The van der Waals surface area contributed by atoms with Crippen molar-refractivity contribution in [1.82, 2.24) is 15.2 Å². The van der Waals surface area contributed by atoms with Gasteiger partial charge in [0, 0.05) is 18.3 Å². The molecule has 2 aromatic rings. The maximum Gasteiger partial charge on any atom is 0.416 e. The first kappa shape index (κ1) is 35.7. The van der Waals surface area contributed by atoms with Crippen LogP contribution in [-0.4, -0.2) is 38.5 Å². The third-order valence-electron chi connectivity index (χ3n) is 6.05. The van der Waals surface area contributed by atoms with Gasteiger partial charge in [0.1, 0.15) is 12.2 Å². The van der Waals surface area contributed by atoms with Gasteiger partial charge in [-0.3, -0.25) is 14.3 Å². The summed E-state index contributed by atoms with van der Waals surface area (Å²) in [6.45, 7) is 7.48. The minimum absolute atomic E-state index is 0.308. The lowest BCUT2D eigenvalue weighted by Crippen LogP contribution is -2.35. The van der Waals surface area contributed by atoms with Crippen molar-refractivity contribution in [3.63, 3.8) is 0 Å². The average molecular weight is 602 g/mol. The highest BCUT2D eigenvalue weighted by Gasteiger charge is 2.34. The van der Waals surface area contributed by atoms with Crippen LogP contribution in [0.15, 0.2) is 53.0 Å². The van der Waals surface area contributed by atoms with Crippen LogP contribution in [0.4, 0.5) is 18.9 Å². The topological polar surface area (TPSA) is 135 Å². The van der Waals surface area contributed by atoms with Crippen molar-refractivity contribution >= 4 is 21.6 Å². The number of nitrogens with zero attached hydrogens (tertiary/aromatic N) is 1. The van der Waals surface area contributed by atoms with Gasteiger partial charge >= 0.3 is 6.18 Å². The minimum atomic E-state index is -4.71. The Bertz CT molecular complexity index is 1310. The number of carbonyl (C=O) groups excluding carboxylic acids is 1. The lowest BCUT2D eigenvalue weighted by atomic mass is 9.94. The molecular weight excluding hydrogens is 559 g/mol. The van der Waals surface area contributed by atoms with E-state index in [4.69, 9.17) is 5.73 Å². The molecule has 0 aliphatic heterocycles. The number of nitrogens with one attached hydrogen (secondary N) is 3. The van der Waals surface area contributed by atoms with Gasteiger partial charge in [-0.2, -0.15) is 13.2 Å². The molecule has 1 aromatic heterocycles. The summed E-state index contributed by atoms with van der Waals surface area (Å²) in [6.07, 6.45) is 1.81. The van der Waals surface area contributed by atoms with Gasteiger partial charge < -0.3 is 20.9 Å². The van der Waals surface area contributed by atoms with E-state index in [1.165, 1.54) is 37.5 Å². The zero-order valence-electron chi connectivity index (χ0n) is 24.3. The van der Waals surface area contributed by atoms with Gasteiger partial charge in [0.2, 0.25) is 15.9 Å². The van der Waals surface area contributed by atoms with Gasteiger partial charge in [-0.25, -0.2) is 8.42 Å². The molecule has 1 amide bonds. The van der Waals surface area contributed by atoms with Crippen molar-refractivity contribution in [3.8, 4) is 0 Å². The maximum atomic E-state index is 13.1. The number of halogens is 3. The summed E-state index contributed by atoms with van der Waals surface area (Å²) in [4.78, 5) is 24.6. The van der Waals surface area contributed by atoms with E-state index >= 15 is 0 Å². The van der Waals surface area contributed by atoms with E-state index in [2.05, 4.69) is 10.6 Å². The van der Waals surface area contributed by atoms with Gasteiger partial charge in [-0.15, -0.1) is 0 Å². The predicted octanol–water partition coefficient (Wildman–Crippen LogP) is 4.27. The highest BCUT2D eigenvalue weighted by atomic mass is 32.2. The zero-order valence-corrected chi connectivity index (χ0v) is 25.1. The number of benzene rings is 1. The Morgan fingerprint density at radius 1 is 1.15 bits per heavy atom. The number of carbonyl (C=O) groups is 1. The number of aromatic nitrogens is 1. The Morgan fingerprint density at radius 3 is 2.22 bits per heavy atom. The monoisotopic (exact) mass is 601 g/mol. The van der Waals surface area contributed by atoms with Crippen LogP contribution >= 0.6 is 0 Å². The Kier molecular flexibility index (Phi) is 14.7. The van der Waals surface area contributed by atoms with Crippen LogP contribution in [0.3, 0.4) is 0 Å². The summed E-state index contributed by atoms with van der Waals surface area (Å²) in [5.74, 6) is -1.38. The number of sulfonamides is 1. The van der Waals surface area contributed by atoms with Gasteiger partial charge in [-0.1, -0.05) is 37.1 Å². The SMILES string of the molecule is CC(C)=CN.CCCNC(=O)Cn1c(C)ccc(NS(=O)(=O)Cc2ccccc2C(F)(F)F)c1=O.CNC1CCC1. The smallest absolute Gasteiger partial charge is 0.405 e. The fourth-order valence-electron chi connectivity index (χ4n) is 3.44. The molecule has 1 aliphatic carbocycles. The molecule has 9 nitrogen and oxygen atoms in total. The summed E-state index contributed by atoms with van der Waals surface area (Å²) in [5, 5.41) is 5.81. The molecular formula is C28H42F3N5O4S. The highest BCUT2D eigenvalue weighted by molar-refractivity contribution is 7.91. The second kappa shape index (κ2) is 16.8. The number of hydrogen-bond donors (Lipinski definition) is 4. The molecule has 0 bridgehead atoms. The lowest BCUT2D eigenvalue weighted by molar-refractivity contribution is -0.138. The van der Waals surface area contributed by atoms with Gasteiger partial charge in [0.15, 0.2) is 0 Å². The number of anilines is 1. The van der Waals surface area contributed by atoms with Crippen LogP contribution in [0.1, 0.15) is 63.3 Å². The molecule has 0 radical (unpaired) electrons. The first-order valence-corrected chi connectivity index (χ1v) is 15.0. The molecule has 1 aromatic carbocycles. The van der Waals surface area contributed by atoms with E-state index in [9.17, 15) is 31.2 Å². The Morgan fingerprint density at radius 2 is 1.76 bits per heavy atom. The second-order valence-electron chi connectivity index (χ2n) is 9.81. The lowest BCUT2D eigenvalue weighted by Gasteiger charge is -2.23. The molecule has 1 fully saturated rings. The maximum absolute atomic E-state index is 13.1. The summed E-state index contributed by atoms with van der Waals surface area (Å²) >= 11 is 0. The van der Waals surface area contributed by atoms with E-state index in [-0.39, 0.29) is 12.2 Å². The van der Waals surface area contributed by atoms with E-state index in [0.29, 0.717) is 18.7 Å². The quantitative estimate of drug-likeness (QED) is 0.339. The highest BCUT2D eigenvalue weighted by Crippen LogP contribution is 2.32. The van der Waals surface area contributed by atoms with Crippen molar-refractivity contribution < 1.29 is 26.4 Å². The molecule has 230 valence electrons. The molecule has 0 atom stereocenters. The molecule has 41 heavy (non-hydrogen) atoms. The summed E-state index contributed by atoms with van der Waals surface area (Å²) < 4.78 is 67.4. The number of hydrogen-bond acceptors (Lipinski definition) is 6. The number of pyridine rings is 1. The molecule has 1 saturated carbocycles. The molecule has 0 unspecified atom stereocenters. The van der Waals surface area contributed by atoms with Gasteiger partial charge in [0.05, 0.1) is 11.3 Å². The predicted molar refractivity (Wildman–Crippen MR) is 157 cm³/mol. The standard InChI is InChI=1S/C19H22F3N3O4S.C5H11N.C4H9N/c1-3-10-23-17(26)11-25-13(2)8-9-16(18(25)27)24-30(28,29)12-14-6-4-5-7-15(14)19(20,21)22;1-6-5-3-2-4-5;1-4(2)3-5/h4-9,24H,3,10-12H2,1-2H3,(H,23,26);5-6H,2-4H2,1H3;3H,5H2,1-2H3. The van der Waals surface area contributed by atoms with Crippen molar-refractivity contribution in [2.75, 3.05) is 18.3 Å².